The van der Waals surface area contributed by atoms with E-state index in [1.165, 1.54) is 6.21 Å². The van der Waals surface area contributed by atoms with Crippen molar-refractivity contribution in [2.45, 2.75) is 0 Å². The van der Waals surface area contributed by atoms with Gasteiger partial charge in [-0.05, 0) is 22.8 Å². The fourth-order valence-corrected chi connectivity index (χ4v) is 3.27. The van der Waals surface area contributed by atoms with Crippen LogP contribution in [0.1, 0.15) is 21.5 Å². The van der Waals surface area contributed by atoms with Gasteiger partial charge in [0.15, 0.2) is 0 Å². The van der Waals surface area contributed by atoms with E-state index in [0.717, 1.165) is 11.1 Å². The van der Waals surface area contributed by atoms with Gasteiger partial charge in [0.05, 0.1) is 17.5 Å². The van der Waals surface area contributed by atoms with E-state index in [0.29, 0.717) is 11.1 Å². The zero-order valence-electron chi connectivity index (χ0n) is 17.2. The Labute approximate surface area is 188 Å². The number of carboxylic acid groups (broad SMARTS) is 1. The number of carboxylic acids is 1. The van der Waals surface area contributed by atoms with Crippen molar-refractivity contribution in [2.24, 2.45) is 5.10 Å². The normalized spacial score (nSPS) is 10.6. The number of nitrogens with zero attached hydrogens (tertiary/aromatic N) is 3. The van der Waals surface area contributed by atoms with Crippen LogP contribution in [0.25, 0.3) is 22.4 Å². The Kier molecular flexibility index (Phi) is 6.05. The van der Waals surface area contributed by atoms with Gasteiger partial charge in [0, 0.05) is 5.56 Å². The Hall–Kier alpha value is -5.03. The number of hydrazone groups is 1. The maximum atomic E-state index is 12.3. The van der Waals surface area contributed by atoms with Crippen LogP contribution in [0.4, 0.5) is 5.95 Å². The van der Waals surface area contributed by atoms with E-state index < -0.39 is 11.5 Å². The number of H-pyrrole nitrogens is 1. The van der Waals surface area contributed by atoms with E-state index in [1.54, 1.807) is 72.8 Å². The van der Waals surface area contributed by atoms with E-state index in [2.05, 4.69) is 20.5 Å². The third kappa shape index (κ3) is 4.68. The molecule has 3 aromatic carbocycles. The van der Waals surface area contributed by atoms with Crippen molar-refractivity contribution >= 4 is 18.1 Å². The molecule has 0 saturated carbocycles. The molecule has 0 saturated heterocycles. The van der Waals surface area contributed by atoms with E-state index in [-0.39, 0.29) is 22.8 Å². The van der Waals surface area contributed by atoms with Gasteiger partial charge in [0.25, 0.3) is 5.56 Å². The van der Waals surface area contributed by atoms with Crippen LogP contribution in [-0.2, 0) is 0 Å². The highest BCUT2D eigenvalue weighted by Gasteiger charge is 2.13. The number of anilines is 1. The lowest BCUT2D eigenvalue weighted by atomic mass is 9.99. The molecule has 0 bridgehead atoms. The number of aromatic carboxylic acids is 1. The second kappa shape index (κ2) is 9.41. The maximum absolute atomic E-state index is 12.3. The van der Waals surface area contributed by atoms with Crippen molar-refractivity contribution in [2.75, 3.05) is 5.43 Å². The first-order valence-electron chi connectivity index (χ1n) is 9.88. The van der Waals surface area contributed by atoms with Crippen molar-refractivity contribution in [1.29, 1.82) is 5.26 Å². The summed E-state index contributed by atoms with van der Waals surface area (Å²) in [5.41, 5.74) is 5.32. The van der Waals surface area contributed by atoms with Crippen LogP contribution >= 0.6 is 0 Å². The van der Waals surface area contributed by atoms with Crippen molar-refractivity contribution < 1.29 is 9.90 Å². The van der Waals surface area contributed by atoms with Crippen molar-refractivity contribution in [1.82, 2.24) is 9.97 Å². The quantitative estimate of drug-likeness (QED) is 0.308. The van der Waals surface area contributed by atoms with Crippen LogP contribution in [0.2, 0.25) is 0 Å². The lowest BCUT2D eigenvalue weighted by molar-refractivity contribution is 0.0697. The minimum atomic E-state index is -0.987. The van der Waals surface area contributed by atoms with Gasteiger partial charge < -0.3 is 5.11 Å². The van der Waals surface area contributed by atoms with Crippen LogP contribution in [0.15, 0.2) is 88.8 Å². The number of rotatable bonds is 6. The smallest absolute Gasteiger partial charge is 0.336 e. The lowest BCUT2D eigenvalue weighted by Crippen LogP contribution is -2.16. The van der Waals surface area contributed by atoms with Crippen LogP contribution in [0, 0.1) is 11.3 Å². The summed E-state index contributed by atoms with van der Waals surface area (Å²) in [6.45, 7) is 0. The molecule has 33 heavy (non-hydrogen) atoms. The van der Waals surface area contributed by atoms with E-state index >= 15 is 0 Å². The van der Waals surface area contributed by atoms with E-state index in [4.69, 9.17) is 0 Å². The van der Waals surface area contributed by atoms with Crippen LogP contribution < -0.4 is 11.0 Å². The van der Waals surface area contributed by atoms with Gasteiger partial charge in [-0.25, -0.2) is 15.2 Å². The second-order valence-electron chi connectivity index (χ2n) is 6.96. The molecule has 8 heteroatoms. The average Bonchev–Trinajstić information content (AvgIpc) is 2.84. The fourth-order valence-electron chi connectivity index (χ4n) is 3.27. The number of hydrogen-bond donors (Lipinski definition) is 3. The van der Waals surface area contributed by atoms with E-state index in [9.17, 15) is 20.0 Å². The molecule has 0 spiro atoms. The molecule has 0 aliphatic heterocycles. The molecule has 8 nitrogen and oxygen atoms in total. The van der Waals surface area contributed by atoms with Crippen molar-refractivity contribution in [3.63, 3.8) is 0 Å². The molecule has 1 aromatic heterocycles. The highest BCUT2D eigenvalue weighted by Crippen LogP contribution is 2.24. The monoisotopic (exact) mass is 435 g/mol. The predicted molar refractivity (Wildman–Crippen MR) is 125 cm³/mol. The lowest BCUT2D eigenvalue weighted by Gasteiger charge is -2.07. The number of hydrogen-bond acceptors (Lipinski definition) is 6. The molecule has 0 aliphatic carbocycles. The summed E-state index contributed by atoms with van der Waals surface area (Å²) < 4.78 is 0. The molecule has 1 heterocycles. The number of nitrogens with one attached hydrogen (secondary N) is 2. The third-order valence-electron chi connectivity index (χ3n) is 4.84. The molecule has 0 atom stereocenters. The molecule has 0 fully saturated rings. The van der Waals surface area contributed by atoms with Crippen LogP contribution in [0.5, 0.6) is 0 Å². The average molecular weight is 435 g/mol. The SMILES string of the molecule is N#Cc1c(-c2ccccc2)nc(NN=Cc2ccc(-c3ccccc3C(=O)O)cc2)[nH]c1=O. The topological polar surface area (TPSA) is 131 Å². The summed E-state index contributed by atoms with van der Waals surface area (Å²) in [5, 5.41) is 22.8. The molecule has 4 rings (SSSR count). The van der Waals surface area contributed by atoms with Crippen molar-refractivity contribution in [3.05, 3.63) is 106 Å². The summed E-state index contributed by atoms with van der Waals surface area (Å²) in [7, 11) is 0. The van der Waals surface area contributed by atoms with E-state index in [1.807, 2.05) is 12.1 Å². The molecule has 3 N–H and O–H groups in total. The minimum Gasteiger partial charge on any atom is -0.478 e. The molecule has 0 aliphatic rings. The summed E-state index contributed by atoms with van der Waals surface area (Å²) in [6, 6.07) is 24.8. The number of nitriles is 1. The maximum Gasteiger partial charge on any atom is 0.336 e. The highest BCUT2D eigenvalue weighted by atomic mass is 16.4. The summed E-state index contributed by atoms with van der Waals surface area (Å²) in [4.78, 5) is 30.6. The Morgan fingerprint density at radius 1 is 1.00 bits per heavy atom. The molecule has 4 aromatic rings. The summed E-state index contributed by atoms with van der Waals surface area (Å²) in [5.74, 6) is -0.889. The Bertz CT molecular complexity index is 1440. The van der Waals surface area contributed by atoms with Gasteiger partial charge in [-0.2, -0.15) is 10.4 Å². The molecule has 0 unspecified atom stereocenters. The Morgan fingerprint density at radius 3 is 2.39 bits per heavy atom. The zero-order chi connectivity index (χ0) is 23.2. The number of aromatic nitrogens is 2. The molecule has 0 amide bonds. The molecular formula is C25H17N5O3. The number of aromatic amines is 1. The van der Waals surface area contributed by atoms with Gasteiger partial charge in [-0.1, -0.05) is 72.8 Å². The van der Waals surface area contributed by atoms with Crippen LogP contribution in [-0.4, -0.2) is 27.3 Å². The Balaban J connectivity index is 1.55. The first-order chi connectivity index (χ1) is 16.1. The third-order valence-corrected chi connectivity index (χ3v) is 4.84. The van der Waals surface area contributed by atoms with Gasteiger partial charge in [-0.15, -0.1) is 0 Å². The first-order valence-corrected chi connectivity index (χ1v) is 9.88. The predicted octanol–water partition coefficient (Wildman–Crippen LogP) is 4.12. The van der Waals surface area contributed by atoms with Crippen LogP contribution in [0.3, 0.4) is 0 Å². The molecule has 0 radical (unpaired) electrons. The first kappa shape index (κ1) is 21.2. The number of carbonyl (C=O) groups is 1. The zero-order valence-corrected chi connectivity index (χ0v) is 17.2. The molecular weight excluding hydrogens is 418 g/mol. The van der Waals surface area contributed by atoms with Gasteiger partial charge >= 0.3 is 5.97 Å². The van der Waals surface area contributed by atoms with Crippen molar-refractivity contribution in [3.8, 4) is 28.5 Å². The Morgan fingerprint density at radius 2 is 1.70 bits per heavy atom. The standard InChI is InChI=1S/C25H17N5O3/c26-14-21-22(18-6-2-1-3-7-18)28-25(29-23(21)31)30-27-15-16-10-12-17(13-11-16)19-8-4-5-9-20(19)24(32)33/h1-13,15H,(H,32,33)(H2,28,29,30,31). The summed E-state index contributed by atoms with van der Waals surface area (Å²) in [6.07, 6.45) is 1.53. The van der Waals surface area contributed by atoms with Gasteiger partial charge in [0.2, 0.25) is 5.95 Å². The second-order valence-corrected chi connectivity index (χ2v) is 6.96. The van der Waals surface area contributed by atoms with Gasteiger partial charge in [-0.3, -0.25) is 9.78 Å². The fraction of sp³-hybridized carbons (Fsp3) is 0. The largest absolute Gasteiger partial charge is 0.478 e. The minimum absolute atomic E-state index is 0.0760. The van der Waals surface area contributed by atoms with Gasteiger partial charge in [0.1, 0.15) is 11.6 Å². The summed E-state index contributed by atoms with van der Waals surface area (Å²) >= 11 is 0. The molecule has 160 valence electrons. The number of benzene rings is 3. The highest BCUT2D eigenvalue weighted by molar-refractivity contribution is 5.96.